The number of nitrogens with one attached hydrogen (secondary N) is 1. The maximum atomic E-state index is 11.7. The molecule has 0 radical (unpaired) electrons. The lowest BCUT2D eigenvalue weighted by molar-refractivity contribution is 0.595. The molecule has 0 spiro atoms. The molecule has 6 heteroatoms. The smallest absolute Gasteiger partial charge is 0.346 e. The third kappa shape index (κ3) is 2.14. The molecule has 0 bridgehead atoms. The first-order chi connectivity index (χ1) is 7.28. The van der Waals surface area contributed by atoms with E-state index in [2.05, 4.69) is 16.3 Å². The van der Waals surface area contributed by atoms with Crippen molar-refractivity contribution in [1.29, 1.82) is 0 Å². The molecule has 0 saturated carbocycles. The molecular formula is C10H14N4O2. The number of hydrogen-bond donors (Lipinski definition) is 1. The Labute approximate surface area is 92.9 Å². The monoisotopic (exact) mass is 222 g/mol. The summed E-state index contributed by atoms with van der Waals surface area (Å²) in [4.78, 5) is 23.1. The lowest BCUT2D eigenvalue weighted by atomic mass is 10.1. The van der Waals surface area contributed by atoms with Crippen LogP contribution in [0.25, 0.3) is 0 Å². The van der Waals surface area contributed by atoms with Crippen LogP contribution in [0.5, 0.6) is 0 Å². The van der Waals surface area contributed by atoms with E-state index in [-0.39, 0.29) is 5.82 Å². The lowest BCUT2D eigenvalue weighted by Crippen LogP contribution is -2.42. The van der Waals surface area contributed by atoms with Crippen LogP contribution in [0.3, 0.4) is 0 Å². The van der Waals surface area contributed by atoms with Gasteiger partial charge in [-0.2, -0.15) is 0 Å². The highest BCUT2D eigenvalue weighted by Gasteiger charge is 2.17. The van der Waals surface area contributed by atoms with Gasteiger partial charge in [-0.3, -0.25) is 9.36 Å². The van der Waals surface area contributed by atoms with Gasteiger partial charge in [0.1, 0.15) is 0 Å². The molecule has 0 atom stereocenters. The lowest BCUT2D eigenvalue weighted by Gasteiger charge is -2.19. The van der Waals surface area contributed by atoms with E-state index >= 15 is 0 Å². The third-order valence-corrected chi connectivity index (χ3v) is 2.11. The molecule has 0 unspecified atom stereocenters. The number of hydrogen-bond acceptors (Lipinski definition) is 4. The molecule has 0 saturated heterocycles. The van der Waals surface area contributed by atoms with Crippen molar-refractivity contribution < 1.29 is 0 Å². The van der Waals surface area contributed by atoms with Crippen molar-refractivity contribution >= 4 is 5.82 Å². The first-order valence-corrected chi connectivity index (χ1v) is 4.69. The Hall–Kier alpha value is -2.03. The van der Waals surface area contributed by atoms with Crippen LogP contribution in [0.1, 0.15) is 13.8 Å². The van der Waals surface area contributed by atoms with Crippen molar-refractivity contribution in [2.45, 2.75) is 19.4 Å². The van der Waals surface area contributed by atoms with E-state index in [0.29, 0.717) is 0 Å². The Morgan fingerprint density at radius 1 is 1.38 bits per heavy atom. The van der Waals surface area contributed by atoms with Gasteiger partial charge < -0.3 is 5.32 Å². The van der Waals surface area contributed by atoms with E-state index < -0.39 is 16.8 Å². The predicted molar refractivity (Wildman–Crippen MR) is 61.3 cm³/mol. The number of anilines is 1. The summed E-state index contributed by atoms with van der Waals surface area (Å²) in [5.74, 6) is 2.55. The molecule has 0 amide bonds. The molecule has 1 rings (SSSR count). The van der Waals surface area contributed by atoms with Gasteiger partial charge in [-0.1, -0.05) is 5.92 Å². The van der Waals surface area contributed by atoms with E-state index in [1.165, 1.54) is 14.1 Å². The van der Waals surface area contributed by atoms with E-state index in [0.717, 1.165) is 9.25 Å². The van der Waals surface area contributed by atoms with Crippen molar-refractivity contribution in [3.05, 3.63) is 20.8 Å². The van der Waals surface area contributed by atoms with Gasteiger partial charge in [0.2, 0.25) is 5.82 Å². The highest BCUT2D eigenvalue weighted by Crippen LogP contribution is 2.06. The van der Waals surface area contributed by atoms with Crippen LogP contribution in [0.2, 0.25) is 0 Å². The molecule has 86 valence electrons. The van der Waals surface area contributed by atoms with Crippen LogP contribution in [-0.2, 0) is 14.1 Å². The highest BCUT2D eigenvalue weighted by molar-refractivity contribution is 5.37. The molecule has 0 aliphatic rings. The Morgan fingerprint density at radius 3 is 2.44 bits per heavy atom. The summed E-state index contributed by atoms with van der Waals surface area (Å²) in [6.07, 6.45) is 5.29. The minimum absolute atomic E-state index is 0.0625. The topological polar surface area (TPSA) is 68.9 Å². The molecule has 0 aliphatic carbocycles. The fraction of sp³-hybridized carbons (Fsp3) is 0.500. The van der Waals surface area contributed by atoms with Crippen molar-refractivity contribution in [2.75, 3.05) is 5.32 Å². The van der Waals surface area contributed by atoms with Crippen LogP contribution in [0.4, 0.5) is 5.82 Å². The third-order valence-electron chi connectivity index (χ3n) is 2.11. The van der Waals surface area contributed by atoms with Gasteiger partial charge in [-0.25, -0.2) is 9.48 Å². The average molecular weight is 222 g/mol. The summed E-state index contributed by atoms with van der Waals surface area (Å²) in [7, 11) is 2.86. The molecule has 1 aromatic heterocycles. The van der Waals surface area contributed by atoms with Gasteiger partial charge in [0, 0.05) is 14.1 Å². The predicted octanol–water partition coefficient (Wildman–Crippen LogP) is -0.697. The van der Waals surface area contributed by atoms with Gasteiger partial charge in [0.25, 0.3) is 5.56 Å². The van der Waals surface area contributed by atoms with Crippen molar-refractivity contribution in [1.82, 2.24) is 14.3 Å². The molecule has 0 aliphatic heterocycles. The molecule has 1 heterocycles. The zero-order valence-corrected chi connectivity index (χ0v) is 9.74. The quantitative estimate of drug-likeness (QED) is 0.672. The minimum atomic E-state index is -0.698. The molecular weight excluding hydrogens is 208 g/mol. The Kier molecular flexibility index (Phi) is 2.90. The van der Waals surface area contributed by atoms with Gasteiger partial charge in [0.15, 0.2) is 0 Å². The van der Waals surface area contributed by atoms with Gasteiger partial charge >= 0.3 is 5.69 Å². The Balaban J connectivity index is 3.34. The number of nitrogens with zero attached hydrogens (tertiary/aromatic N) is 3. The normalized spacial score (nSPS) is 10.9. The SMILES string of the molecule is C#CC(C)(C)Nc1nn(C)c(=O)n(C)c1=O. The van der Waals surface area contributed by atoms with E-state index in [1.807, 2.05) is 0 Å². The molecule has 1 aromatic rings. The number of terminal acetylenes is 1. The van der Waals surface area contributed by atoms with Crippen LogP contribution in [0, 0.1) is 12.3 Å². The zero-order chi connectivity index (χ0) is 12.5. The first kappa shape index (κ1) is 12.0. The Bertz CT molecular complexity index is 560. The summed E-state index contributed by atoms with van der Waals surface area (Å²) in [6.45, 7) is 3.47. The van der Waals surface area contributed by atoms with Gasteiger partial charge in [-0.05, 0) is 13.8 Å². The van der Waals surface area contributed by atoms with Crippen LogP contribution >= 0.6 is 0 Å². The van der Waals surface area contributed by atoms with Crippen molar-refractivity contribution in [3.8, 4) is 12.3 Å². The van der Waals surface area contributed by atoms with E-state index in [4.69, 9.17) is 6.42 Å². The number of aryl methyl sites for hydroxylation is 1. The fourth-order valence-corrected chi connectivity index (χ4v) is 1.11. The molecule has 0 aromatic carbocycles. The fourth-order valence-electron chi connectivity index (χ4n) is 1.11. The van der Waals surface area contributed by atoms with Crippen molar-refractivity contribution in [2.24, 2.45) is 14.1 Å². The molecule has 0 fully saturated rings. The number of aromatic nitrogens is 3. The second-order valence-corrected chi connectivity index (χ2v) is 4.01. The first-order valence-electron chi connectivity index (χ1n) is 4.69. The zero-order valence-electron chi connectivity index (χ0n) is 9.74. The summed E-state index contributed by atoms with van der Waals surface area (Å²) in [6, 6.07) is 0. The molecule has 1 N–H and O–H groups in total. The summed E-state index contributed by atoms with van der Waals surface area (Å²) in [5.41, 5.74) is -1.67. The summed E-state index contributed by atoms with van der Waals surface area (Å²) < 4.78 is 2.05. The highest BCUT2D eigenvalue weighted by atomic mass is 16.2. The van der Waals surface area contributed by atoms with Crippen LogP contribution < -0.4 is 16.6 Å². The average Bonchev–Trinajstić information content (AvgIpc) is 2.22. The second-order valence-electron chi connectivity index (χ2n) is 4.01. The summed E-state index contributed by atoms with van der Waals surface area (Å²) >= 11 is 0. The van der Waals surface area contributed by atoms with E-state index in [1.54, 1.807) is 13.8 Å². The Morgan fingerprint density at radius 2 is 1.94 bits per heavy atom. The van der Waals surface area contributed by atoms with Crippen LogP contribution in [-0.4, -0.2) is 19.9 Å². The largest absolute Gasteiger partial charge is 0.348 e. The maximum absolute atomic E-state index is 11.7. The van der Waals surface area contributed by atoms with E-state index in [9.17, 15) is 9.59 Å². The van der Waals surface area contributed by atoms with Gasteiger partial charge in [0.05, 0.1) is 5.54 Å². The summed E-state index contributed by atoms with van der Waals surface area (Å²) in [5, 5.41) is 6.64. The van der Waals surface area contributed by atoms with Crippen LogP contribution in [0.15, 0.2) is 9.59 Å². The van der Waals surface area contributed by atoms with Gasteiger partial charge in [-0.15, -0.1) is 11.5 Å². The standard InChI is InChI=1S/C10H14N4O2/c1-6-10(2,3)11-7-8(15)13(4)9(16)14(5)12-7/h1H,2-5H3,(H,11,12). The maximum Gasteiger partial charge on any atom is 0.346 e. The minimum Gasteiger partial charge on any atom is -0.348 e. The molecule has 6 nitrogen and oxygen atoms in total. The molecule has 16 heavy (non-hydrogen) atoms. The van der Waals surface area contributed by atoms with Crippen molar-refractivity contribution in [3.63, 3.8) is 0 Å². The number of rotatable bonds is 2. The second kappa shape index (κ2) is 3.85.